The number of nitrogens with one attached hydrogen (secondary N) is 2. The van der Waals surface area contributed by atoms with Gasteiger partial charge >= 0.3 is 0 Å². The third-order valence-electron chi connectivity index (χ3n) is 4.24. The van der Waals surface area contributed by atoms with Crippen LogP contribution >= 0.6 is 0 Å². The SMILES string of the molecule is OC1CC12CCCN2CC1CNCCN1. The third kappa shape index (κ3) is 1.69. The number of aliphatic hydroxyl groups is 1. The highest BCUT2D eigenvalue weighted by Crippen LogP contribution is 2.49. The van der Waals surface area contributed by atoms with E-state index in [0.717, 1.165) is 32.6 Å². The molecule has 15 heavy (non-hydrogen) atoms. The monoisotopic (exact) mass is 211 g/mol. The Balaban J connectivity index is 1.58. The molecule has 0 amide bonds. The molecule has 4 nitrogen and oxygen atoms in total. The molecule has 2 saturated heterocycles. The zero-order valence-electron chi connectivity index (χ0n) is 9.21. The summed E-state index contributed by atoms with van der Waals surface area (Å²) in [4.78, 5) is 2.52. The molecule has 0 aromatic rings. The first-order chi connectivity index (χ1) is 7.31. The second-order valence-electron chi connectivity index (χ2n) is 5.23. The molecule has 86 valence electrons. The minimum absolute atomic E-state index is 0.0449. The van der Waals surface area contributed by atoms with Gasteiger partial charge in [0.25, 0.3) is 0 Å². The van der Waals surface area contributed by atoms with Crippen molar-refractivity contribution in [1.82, 2.24) is 15.5 Å². The van der Waals surface area contributed by atoms with Crippen molar-refractivity contribution in [3.05, 3.63) is 0 Å². The standard InChI is InChI=1S/C11H21N3O/c15-10-6-11(10)2-1-5-14(11)8-9-7-12-3-4-13-9/h9-10,12-13,15H,1-8H2. The predicted molar refractivity (Wildman–Crippen MR) is 58.8 cm³/mol. The number of hydrogen-bond donors (Lipinski definition) is 3. The first-order valence-electron chi connectivity index (χ1n) is 6.18. The summed E-state index contributed by atoms with van der Waals surface area (Å²) in [7, 11) is 0. The normalized spacial score (nSPS) is 46.2. The van der Waals surface area contributed by atoms with Gasteiger partial charge < -0.3 is 15.7 Å². The van der Waals surface area contributed by atoms with E-state index in [1.165, 1.54) is 19.4 Å². The van der Waals surface area contributed by atoms with E-state index in [4.69, 9.17) is 0 Å². The molecule has 2 heterocycles. The molecule has 0 radical (unpaired) electrons. The van der Waals surface area contributed by atoms with E-state index in [1.807, 2.05) is 0 Å². The van der Waals surface area contributed by atoms with Crippen LogP contribution in [0, 0.1) is 0 Å². The molecule has 1 saturated carbocycles. The maximum Gasteiger partial charge on any atom is 0.0743 e. The molecule has 3 unspecified atom stereocenters. The van der Waals surface area contributed by atoms with Gasteiger partial charge in [0.05, 0.1) is 6.10 Å². The zero-order chi connectivity index (χ0) is 10.3. The van der Waals surface area contributed by atoms with E-state index in [0.29, 0.717) is 6.04 Å². The Hall–Kier alpha value is -0.160. The third-order valence-corrected chi connectivity index (χ3v) is 4.24. The van der Waals surface area contributed by atoms with Crippen molar-refractivity contribution in [1.29, 1.82) is 0 Å². The number of piperazine rings is 1. The van der Waals surface area contributed by atoms with Gasteiger partial charge in [-0.15, -0.1) is 0 Å². The summed E-state index contributed by atoms with van der Waals surface area (Å²) in [6.45, 7) is 5.51. The van der Waals surface area contributed by atoms with Crippen molar-refractivity contribution in [3.8, 4) is 0 Å². The van der Waals surface area contributed by atoms with E-state index in [1.54, 1.807) is 0 Å². The van der Waals surface area contributed by atoms with Gasteiger partial charge in [0.15, 0.2) is 0 Å². The highest BCUT2D eigenvalue weighted by atomic mass is 16.3. The second kappa shape index (κ2) is 3.70. The van der Waals surface area contributed by atoms with Crippen LogP contribution in [0.5, 0.6) is 0 Å². The Morgan fingerprint density at radius 1 is 1.40 bits per heavy atom. The number of aliphatic hydroxyl groups excluding tert-OH is 1. The lowest BCUT2D eigenvalue weighted by atomic mass is 10.1. The molecule has 0 aromatic carbocycles. The summed E-state index contributed by atoms with van der Waals surface area (Å²) < 4.78 is 0. The van der Waals surface area contributed by atoms with Crippen LogP contribution in [0.3, 0.4) is 0 Å². The number of nitrogens with zero attached hydrogens (tertiary/aromatic N) is 1. The van der Waals surface area contributed by atoms with E-state index in [-0.39, 0.29) is 11.6 Å². The van der Waals surface area contributed by atoms with Crippen molar-refractivity contribution in [2.75, 3.05) is 32.7 Å². The Morgan fingerprint density at radius 3 is 2.93 bits per heavy atom. The molecule has 1 aliphatic carbocycles. The predicted octanol–water partition coefficient (Wildman–Crippen LogP) is -0.853. The average Bonchev–Trinajstić information content (AvgIpc) is 2.72. The van der Waals surface area contributed by atoms with Crippen molar-refractivity contribution >= 4 is 0 Å². The van der Waals surface area contributed by atoms with Gasteiger partial charge in [0.1, 0.15) is 0 Å². The van der Waals surface area contributed by atoms with E-state index < -0.39 is 0 Å². The summed E-state index contributed by atoms with van der Waals surface area (Å²) in [5, 5.41) is 16.7. The van der Waals surface area contributed by atoms with Crippen LogP contribution in [0.25, 0.3) is 0 Å². The Kier molecular flexibility index (Phi) is 2.47. The molecule has 2 aliphatic heterocycles. The molecule has 0 aromatic heterocycles. The van der Waals surface area contributed by atoms with Gasteiger partial charge in [0.2, 0.25) is 0 Å². The van der Waals surface area contributed by atoms with Crippen LogP contribution in [0.15, 0.2) is 0 Å². The lowest BCUT2D eigenvalue weighted by molar-refractivity contribution is 0.141. The van der Waals surface area contributed by atoms with Crippen LogP contribution in [0.2, 0.25) is 0 Å². The molecular weight excluding hydrogens is 190 g/mol. The summed E-state index contributed by atoms with van der Waals surface area (Å²) in [5.74, 6) is 0. The maximum absolute atomic E-state index is 9.74. The molecule has 1 spiro atoms. The molecular formula is C11H21N3O. The minimum Gasteiger partial charge on any atom is -0.391 e. The van der Waals surface area contributed by atoms with E-state index in [9.17, 15) is 5.11 Å². The Morgan fingerprint density at radius 2 is 2.27 bits per heavy atom. The van der Waals surface area contributed by atoms with E-state index >= 15 is 0 Å². The molecule has 3 N–H and O–H groups in total. The quantitative estimate of drug-likeness (QED) is 0.557. The highest BCUT2D eigenvalue weighted by molar-refractivity contribution is 5.15. The topological polar surface area (TPSA) is 47.5 Å². The van der Waals surface area contributed by atoms with Crippen molar-refractivity contribution < 1.29 is 5.11 Å². The summed E-state index contributed by atoms with van der Waals surface area (Å²) in [6.07, 6.45) is 3.43. The van der Waals surface area contributed by atoms with Gasteiger partial charge in [-0.2, -0.15) is 0 Å². The van der Waals surface area contributed by atoms with Crippen LogP contribution in [0.1, 0.15) is 19.3 Å². The largest absolute Gasteiger partial charge is 0.391 e. The molecule has 4 heteroatoms. The first kappa shape index (κ1) is 10.0. The molecule has 0 bridgehead atoms. The Bertz CT molecular complexity index is 242. The highest BCUT2D eigenvalue weighted by Gasteiger charge is 2.59. The molecule has 3 rings (SSSR count). The van der Waals surface area contributed by atoms with Gasteiger partial charge in [-0.1, -0.05) is 0 Å². The van der Waals surface area contributed by atoms with Crippen molar-refractivity contribution in [2.45, 2.75) is 36.9 Å². The number of rotatable bonds is 2. The van der Waals surface area contributed by atoms with Gasteiger partial charge in [0, 0.05) is 37.8 Å². The minimum atomic E-state index is -0.0449. The average molecular weight is 211 g/mol. The fourth-order valence-electron chi connectivity index (χ4n) is 3.22. The fraction of sp³-hybridized carbons (Fsp3) is 1.00. The van der Waals surface area contributed by atoms with Crippen LogP contribution < -0.4 is 10.6 Å². The number of hydrogen-bond acceptors (Lipinski definition) is 4. The molecule has 3 aliphatic rings. The summed E-state index contributed by atoms with van der Waals surface area (Å²) in [5.41, 5.74) is 0.194. The van der Waals surface area contributed by atoms with Crippen LogP contribution in [-0.2, 0) is 0 Å². The first-order valence-corrected chi connectivity index (χ1v) is 6.18. The molecule has 3 fully saturated rings. The lowest BCUT2D eigenvalue weighted by Crippen LogP contribution is -2.54. The number of likely N-dealkylation sites (tertiary alicyclic amines) is 1. The fourth-order valence-corrected chi connectivity index (χ4v) is 3.22. The van der Waals surface area contributed by atoms with Crippen molar-refractivity contribution in [3.63, 3.8) is 0 Å². The van der Waals surface area contributed by atoms with Crippen LogP contribution in [-0.4, -0.2) is 60.4 Å². The molecule has 3 atom stereocenters. The van der Waals surface area contributed by atoms with Gasteiger partial charge in [-0.3, -0.25) is 4.90 Å². The van der Waals surface area contributed by atoms with Crippen molar-refractivity contribution in [2.24, 2.45) is 0 Å². The van der Waals surface area contributed by atoms with Gasteiger partial charge in [-0.05, 0) is 25.8 Å². The van der Waals surface area contributed by atoms with Crippen LogP contribution in [0.4, 0.5) is 0 Å². The maximum atomic E-state index is 9.74. The van der Waals surface area contributed by atoms with E-state index in [2.05, 4.69) is 15.5 Å². The second-order valence-corrected chi connectivity index (χ2v) is 5.23. The smallest absolute Gasteiger partial charge is 0.0743 e. The summed E-state index contributed by atoms with van der Waals surface area (Å²) in [6, 6.07) is 0.571. The Labute approximate surface area is 91.0 Å². The van der Waals surface area contributed by atoms with Gasteiger partial charge in [-0.25, -0.2) is 0 Å². The zero-order valence-corrected chi connectivity index (χ0v) is 9.21. The lowest BCUT2D eigenvalue weighted by Gasteiger charge is -2.32. The summed E-state index contributed by atoms with van der Waals surface area (Å²) >= 11 is 0.